The number of thiophene rings is 1. The van der Waals surface area contributed by atoms with Gasteiger partial charge in [-0.25, -0.2) is 4.99 Å². The van der Waals surface area contributed by atoms with E-state index in [1.165, 1.54) is 77.5 Å². The molecule has 6 aromatic carbocycles. The third-order valence-corrected chi connectivity index (χ3v) is 12.5. The molecule has 9 rings (SSSR count). The topological polar surface area (TPSA) is 50.4 Å². The van der Waals surface area contributed by atoms with E-state index in [0.29, 0.717) is 11.8 Å². The first-order chi connectivity index (χ1) is 26.5. The Morgan fingerprint density at radius 1 is 0.759 bits per heavy atom. The Kier molecular flexibility index (Phi) is 9.32. The largest absolute Gasteiger partial charge is 0.383 e. The van der Waals surface area contributed by atoms with Crippen molar-refractivity contribution in [2.75, 3.05) is 0 Å². The number of aliphatic imine (C=N–C) groups is 1. The normalized spacial score (nSPS) is 15.7. The van der Waals surface area contributed by atoms with Crippen LogP contribution < -0.4 is 11.1 Å². The fraction of sp³-hybridized carbons (Fsp3) is 0.180. The maximum absolute atomic E-state index is 7.09. The quantitative estimate of drug-likeness (QED) is 0.109. The van der Waals surface area contributed by atoms with Gasteiger partial charge in [0.05, 0.1) is 0 Å². The molecule has 54 heavy (non-hydrogen) atoms. The summed E-state index contributed by atoms with van der Waals surface area (Å²) in [7, 11) is 0. The molecule has 4 heteroatoms. The molecule has 2 aliphatic rings. The maximum Gasteiger partial charge on any atom is 0.128 e. The minimum atomic E-state index is -0.337. The molecule has 1 fully saturated rings. The van der Waals surface area contributed by atoms with Crippen LogP contribution in [0.25, 0.3) is 48.0 Å². The van der Waals surface area contributed by atoms with Crippen LogP contribution in [0.5, 0.6) is 0 Å². The minimum Gasteiger partial charge on any atom is -0.383 e. The third kappa shape index (κ3) is 6.61. The molecule has 2 unspecified atom stereocenters. The maximum atomic E-state index is 7.09. The Labute approximate surface area is 322 Å². The molecule has 7 aromatic rings. The van der Waals surface area contributed by atoms with E-state index in [1.807, 2.05) is 11.3 Å². The molecular formula is C50H45N3S. The highest BCUT2D eigenvalue weighted by Crippen LogP contribution is 2.48. The van der Waals surface area contributed by atoms with Crippen molar-refractivity contribution in [1.82, 2.24) is 5.32 Å². The van der Waals surface area contributed by atoms with Crippen LogP contribution >= 0.6 is 11.3 Å². The van der Waals surface area contributed by atoms with Gasteiger partial charge in [-0.05, 0) is 107 Å². The molecule has 0 amide bonds. The van der Waals surface area contributed by atoms with E-state index in [4.69, 9.17) is 10.7 Å². The third-order valence-electron chi connectivity index (χ3n) is 11.3. The van der Waals surface area contributed by atoms with Crippen molar-refractivity contribution >= 4 is 42.9 Å². The van der Waals surface area contributed by atoms with Gasteiger partial charge in [0.25, 0.3) is 0 Å². The summed E-state index contributed by atoms with van der Waals surface area (Å²) in [6.45, 7) is 4.45. The van der Waals surface area contributed by atoms with Crippen molar-refractivity contribution < 1.29 is 0 Å². The monoisotopic (exact) mass is 719 g/mol. The number of nitrogens with one attached hydrogen (secondary N) is 1. The first-order valence-corrected chi connectivity index (χ1v) is 20.1. The van der Waals surface area contributed by atoms with Crippen molar-refractivity contribution in [2.24, 2.45) is 10.7 Å². The van der Waals surface area contributed by atoms with Crippen LogP contribution in [0.3, 0.4) is 0 Å². The molecular weight excluding hydrogens is 675 g/mol. The number of allylic oxidation sites excluding steroid dienone is 4. The van der Waals surface area contributed by atoms with Crippen molar-refractivity contribution in [3.8, 4) is 22.3 Å². The van der Waals surface area contributed by atoms with Gasteiger partial charge in [0.1, 0.15) is 12.0 Å². The highest BCUT2D eigenvalue weighted by atomic mass is 32.1. The Bertz CT molecular complexity index is 2570. The Morgan fingerprint density at radius 2 is 1.48 bits per heavy atom. The number of rotatable bonds is 10. The minimum absolute atomic E-state index is 0.0289. The second kappa shape index (κ2) is 14.7. The number of fused-ring (bicyclic) bond motifs is 3. The summed E-state index contributed by atoms with van der Waals surface area (Å²) in [5.41, 5.74) is 20.8. The van der Waals surface area contributed by atoms with Crippen molar-refractivity contribution in [2.45, 2.75) is 57.7 Å². The second-order valence-electron chi connectivity index (χ2n) is 14.8. The Hall–Kier alpha value is -5.55. The van der Waals surface area contributed by atoms with Crippen LogP contribution in [-0.4, -0.2) is 5.84 Å². The molecule has 1 heterocycles. The first kappa shape index (κ1) is 34.2. The van der Waals surface area contributed by atoms with E-state index in [0.717, 1.165) is 29.5 Å². The van der Waals surface area contributed by atoms with Gasteiger partial charge in [-0.3, -0.25) is 5.32 Å². The van der Waals surface area contributed by atoms with Gasteiger partial charge in [0.2, 0.25) is 0 Å². The van der Waals surface area contributed by atoms with Crippen molar-refractivity contribution in [1.29, 1.82) is 0 Å². The summed E-state index contributed by atoms with van der Waals surface area (Å²) >= 11 is 1.86. The molecule has 0 aliphatic heterocycles. The Morgan fingerprint density at radius 3 is 2.28 bits per heavy atom. The van der Waals surface area contributed by atoms with Crippen LogP contribution in [0.1, 0.15) is 84.1 Å². The zero-order valence-electron chi connectivity index (χ0n) is 30.9. The average molecular weight is 720 g/mol. The zero-order valence-corrected chi connectivity index (χ0v) is 31.7. The number of hydrogen-bond acceptors (Lipinski definition) is 3. The summed E-state index contributed by atoms with van der Waals surface area (Å²) in [6, 6.07) is 48.4. The lowest BCUT2D eigenvalue weighted by molar-refractivity contribution is 0.483. The lowest BCUT2D eigenvalue weighted by Crippen LogP contribution is -2.27. The number of nitrogens with zero attached hydrogens (tertiary/aromatic N) is 1. The molecule has 0 bridgehead atoms. The molecule has 3 N–H and O–H groups in total. The Balaban J connectivity index is 1.09. The van der Waals surface area contributed by atoms with E-state index in [2.05, 4.69) is 171 Å². The molecule has 2 aliphatic carbocycles. The SMILES string of the molecule is Cc1c(C(N)=NC(NC(C)c2cccc3c2sc2ccccc23)c2ccccc2)cccc1-c1c(-c2ccc(C3=CC=CCC3)cc2)cccc1C1CC1. The van der Waals surface area contributed by atoms with Gasteiger partial charge < -0.3 is 5.73 Å². The summed E-state index contributed by atoms with van der Waals surface area (Å²) in [4.78, 5) is 5.28. The molecule has 3 nitrogen and oxygen atoms in total. The van der Waals surface area contributed by atoms with Crippen LogP contribution in [0.15, 0.2) is 157 Å². The van der Waals surface area contributed by atoms with Gasteiger partial charge in [-0.2, -0.15) is 0 Å². The van der Waals surface area contributed by atoms with Crippen LogP contribution in [-0.2, 0) is 0 Å². The van der Waals surface area contributed by atoms with Crippen molar-refractivity contribution in [3.63, 3.8) is 0 Å². The van der Waals surface area contributed by atoms with Crippen LogP contribution in [0, 0.1) is 6.92 Å². The van der Waals surface area contributed by atoms with E-state index in [9.17, 15) is 0 Å². The zero-order chi connectivity index (χ0) is 36.6. The second-order valence-corrected chi connectivity index (χ2v) is 15.8. The summed E-state index contributed by atoms with van der Waals surface area (Å²) in [5, 5.41) is 6.48. The van der Waals surface area contributed by atoms with E-state index < -0.39 is 0 Å². The molecule has 1 saturated carbocycles. The van der Waals surface area contributed by atoms with E-state index in [1.54, 1.807) is 0 Å². The molecule has 0 radical (unpaired) electrons. The lowest BCUT2D eigenvalue weighted by Gasteiger charge is -2.23. The predicted octanol–water partition coefficient (Wildman–Crippen LogP) is 13.1. The lowest BCUT2D eigenvalue weighted by atomic mass is 9.85. The number of hydrogen-bond donors (Lipinski definition) is 2. The van der Waals surface area contributed by atoms with E-state index >= 15 is 0 Å². The smallest absolute Gasteiger partial charge is 0.128 e. The van der Waals surface area contributed by atoms with E-state index in [-0.39, 0.29) is 12.2 Å². The van der Waals surface area contributed by atoms with Gasteiger partial charge >= 0.3 is 0 Å². The van der Waals surface area contributed by atoms with Gasteiger partial charge in [-0.15, -0.1) is 11.3 Å². The van der Waals surface area contributed by atoms with Gasteiger partial charge in [-0.1, -0.05) is 146 Å². The highest BCUT2D eigenvalue weighted by molar-refractivity contribution is 7.26. The predicted molar refractivity (Wildman–Crippen MR) is 231 cm³/mol. The molecule has 0 saturated heterocycles. The summed E-state index contributed by atoms with van der Waals surface area (Å²) in [5.74, 6) is 1.12. The fourth-order valence-electron chi connectivity index (χ4n) is 8.23. The van der Waals surface area contributed by atoms with Crippen LogP contribution in [0.2, 0.25) is 0 Å². The van der Waals surface area contributed by atoms with Gasteiger partial charge in [0, 0.05) is 31.8 Å². The van der Waals surface area contributed by atoms with Crippen LogP contribution in [0.4, 0.5) is 0 Å². The number of nitrogens with two attached hydrogens (primary N) is 1. The average Bonchev–Trinajstić information content (AvgIpc) is 4.00. The summed E-state index contributed by atoms with van der Waals surface area (Å²) in [6.07, 6.45) is 11.0. The highest BCUT2D eigenvalue weighted by Gasteiger charge is 2.29. The van der Waals surface area contributed by atoms with Gasteiger partial charge in [0.15, 0.2) is 0 Å². The number of amidine groups is 1. The standard InChI is InChI=1S/C50H45N3S/c1-32-39(47-42(22-13-23-43(47)37-30-31-37)36-28-26-35(27-29-36)34-14-5-3-6-15-34)19-11-20-40(32)49(51)53-50(38-16-7-4-8-17-38)52-33(2)41-21-12-24-45-44-18-9-10-25-46(44)54-48(41)45/h3-5,7-14,16-29,33,37,50,52H,6,15,30-31H2,1-2H3,(H2,51,53). The first-order valence-electron chi connectivity index (χ1n) is 19.3. The fourth-order valence-corrected chi connectivity index (χ4v) is 9.53. The molecule has 266 valence electrons. The molecule has 0 spiro atoms. The summed E-state index contributed by atoms with van der Waals surface area (Å²) < 4.78 is 2.62. The van der Waals surface area contributed by atoms with Crippen molar-refractivity contribution in [3.05, 3.63) is 185 Å². The molecule has 1 aromatic heterocycles. The number of benzene rings is 6. The molecule has 2 atom stereocenters.